The van der Waals surface area contributed by atoms with Crippen molar-refractivity contribution in [3.63, 3.8) is 0 Å². The number of fused-ring (bicyclic) bond motifs is 1. The molecule has 0 radical (unpaired) electrons. The van der Waals surface area contributed by atoms with Crippen molar-refractivity contribution in [1.29, 1.82) is 0 Å². The van der Waals surface area contributed by atoms with Gasteiger partial charge in [0.15, 0.2) is 5.11 Å². The number of likely N-dealkylation sites (tertiary alicyclic amines) is 1. The molecule has 24 heavy (non-hydrogen) atoms. The molecule has 128 valence electrons. The third kappa shape index (κ3) is 3.84. The molecule has 1 N–H and O–H groups in total. The lowest BCUT2D eigenvalue weighted by Gasteiger charge is -2.26. The molecule has 7 heteroatoms. The first kappa shape index (κ1) is 17.1. The Morgan fingerprint density at radius 2 is 2.33 bits per heavy atom. The summed E-state index contributed by atoms with van der Waals surface area (Å²) in [5.74, 6) is -0.184. The Hall–Kier alpha value is -1.73. The average Bonchev–Trinajstić information content (AvgIpc) is 3.24. The molecule has 0 amide bonds. The lowest BCUT2D eigenvalue weighted by atomic mass is 10.2. The normalized spacial score (nSPS) is 17.2. The molecule has 1 fully saturated rings. The monoisotopic (exact) mass is 363 g/mol. The molecular formula is C17H21N3O2S2. The standard InChI is InChI=1S/C17H21N3O2S2/c1-22-15(21)9-4-10-18-17(23)20-11-5-7-13(20)16-19-12-6-2-3-8-14(12)24-16/h2-3,6,8,13H,4-5,7,9-11H2,1H3,(H,18,23)/t13-/m1/s1. The maximum atomic E-state index is 11.1. The second-order valence-corrected chi connectivity index (χ2v) is 7.23. The van der Waals surface area contributed by atoms with Crippen LogP contribution >= 0.6 is 23.6 Å². The second-order valence-electron chi connectivity index (χ2n) is 5.78. The predicted molar refractivity (Wildman–Crippen MR) is 100 cm³/mol. The number of benzene rings is 1. The fourth-order valence-corrected chi connectivity index (χ4v) is 4.37. The first-order valence-electron chi connectivity index (χ1n) is 8.16. The van der Waals surface area contributed by atoms with Crippen molar-refractivity contribution in [2.45, 2.75) is 31.7 Å². The highest BCUT2D eigenvalue weighted by molar-refractivity contribution is 7.80. The molecule has 1 aromatic carbocycles. The zero-order chi connectivity index (χ0) is 16.9. The summed E-state index contributed by atoms with van der Waals surface area (Å²) in [7, 11) is 1.41. The number of thiocarbonyl (C=S) groups is 1. The maximum Gasteiger partial charge on any atom is 0.305 e. The van der Waals surface area contributed by atoms with E-state index in [1.807, 2.05) is 12.1 Å². The molecule has 0 spiro atoms. The fourth-order valence-electron chi connectivity index (χ4n) is 2.93. The van der Waals surface area contributed by atoms with Gasteiger partial charge in [0.2, 0.25) is 0 Å². The number of rotatable bonds is 5. The topological polar surface area (TPSA) is 54.5 Å². The Morgan fingerprint density at radius 1 is 1.50 bits per heavy atom. The van der Waals surface area contributed by atoms with Crippen LogP contribution in [0.1, 0.15) is 36.7 Å². The average molecular weight is 364 g/mol. The van der Waals surface area contributed by atoms with Gasteiger partial charge in [-0.25, -0.2) is 4.98 Å². The molecule has 1 saturated heterocycles. The summed E-state index contributed by atoms with van der Waals surface area (Å²) in [6, 6.07) is 8.48. The highest BCUT2D eigenvalue weighted by atomic mass is 32.1. The van der Waals surface area contributed by atoms with Gasteiger partial charge in [0, 0.05) is 19.5 Å². The number of para-hydroxylation sites is 1. The summed E-state index contributed by atoms with van der Waals surface area (Å²) in [5, 5.41) is 5.15. The molecule has 0 saturated carbocycles. The van der Waals surface area contributed by atoms with Gasteiger partial charge in [0.25, 0.3) is 0 Å². The number of nitrogens with zero attached hydrogens (tertiary/aromatic N) is 2. The van der Waals surface area contributed by atoms with Crippen LogP contribution in [0.2, 0.25) is 0 Å². The van der Waals surface area contributed by atoms with Crippen LogP contribution in [0.25, 0.3) is 10.2 Å². The zero-order valence-electron chi connectivity index (χ0n) is 13.7. The van der Waals surface area contributed by atoms with E-state index in [1.54, 1.807) is 11.3 Å². The minimum absolute atomic E-state index is 0.184. The van der Waals surface area contributed by atoms with Gasteiger partial charge >= 0.3 is 5.97 Å². The van der Waals surface area contributed by atoms with Gasteiger partial charge in [0.05, 0.1) is 23.4 Å². The molecule has 5 nitrogen and oxygen atoms in total. The number of hydrogen-bond donors (Lipinski definition) is 1. The van der Waals surface area contributed by atoms with Crippen molar-refractivity contribution in [2.24, 2.45) is 0 Å². The van der Waals surface area contributed by atoms with Crippen LogP contribution < -0.4 is 5.32 Å². The Labute approximate surface area is 151 Å². The summed E-state index contributed by atoms with van der Waals surface area (Å²) >= 11 is 7.30. The van der Waals surface area contributed by atoms with E-state index >= 15 is 0 Å². The van der Waals surface area contributed by atoms with Gasteiger partial charge in [-0.2, -0.15) is 0 Å². The first-order chi connectivity index (χ1) is 11.7. The summed E-state index contributed by atoms with van der Waals surface area (Å²) in [6.45, 7) is 1.63. The van der Waals surface area contributed by atoms with Gasteiger partial charge in [-0.3, -0.25) is 4.79 Å². The SMILES string of the molecule is COC(=O)CCCNC(=S)N1CCC[C@@H]1c1nc2ccccc2s1. The highest BCUT2D eigenvalue weighted by Crippen LogP contribution is 2.36. The minimum atomic E-state index is -0.184. The molecule has 1 aromatic heterocycles. The molecule has 0 unspecified atom stereocenters. The molecular weight excluding hydrogens is 342 g/mol. The fraction of sp³-hybridized carbons (Fsp3) is 0.471. The number of carbonyl (C=O) groups is 1. The van der Waals surface area contributed by atoms with Crippen molar-refractivity contribution >= 4 is 44.9 Å². The molecule has 2 heterocycles. The zero-order valence-corrected chi connectivity index (χ0v) is 15.3. The second kappa shape index (κ2) is 7.90. The molecule has 0 bridgehead atoms. The smallest absolute Gasteiger partial charge is 0.305 e. The number of aromatic nitrogens is 1. The largest absolute Gasteiger partial charge is 0.469 e. The van der Waals surface area contributed by atoms with Crippen molar-refractivity contribution in [3.8, 4) is 0 Å². The van der Waals surface area contributed by atoms with E-state index in [0.717, 1.165) is 35.0 Å². The third-order valence-corrected chi connectivity index (χ3v) is 5.69. The van der Waals surface area contributed by atoms with Crippen LogP contribution in [0.5, 0.6) is 0 Å². The van der Waals surface area contributed by atoms with Crippen LogP contribution in [-0.2, 0) is 9.53 Å². The number of esters is 1. The number of thiazole rings is 1. The van der Waals surface area contributed by atoms with Gasteiger partial charge in [0.1, 0.15) is 5.01 Å². The van der Waals surface area contributed by atoms with E-state index in [2.05, 4.69) is 27.1 Å². The summed E-state index contributed by atoms with van der Waals surface area (Å²) in [6.07, 6.45) is 3.31. The summed E-state index contributed by atoms with van der Waals surface area (Å²) in [5.41, 5.74) is 1.06. The third-order valence-electron chi connectivity index (χ3n) is 4.17. The van der Waals surface area contributed by atoms with Crippen LogP contribution in [0.3, 0.4) is 0 Å². The van der Waals surface area contributed by atoms with Crippen LogP contribution in [0, 0.1) is 0 Å². The van der Waals surface area contributed by atoms with Crippen LogP contribution in [0.15, 0.2) is 24.3 Å². The number of ether oxygens (including phenoxy) is 1. The van der Waals surface area contributed by atoms with Crippen LogP contribution in [0.4, 0.5) is 0 Å². The quantitative estimate of drug-likeness (QED) is 0.500. The predicted octanol–water partition coefficient (Wildman–Crippen LogP) is 3.26. The lowest BCUT2D eigenvalue weighted by molar-refractivity contribution is -0.140. The van der Waals surface area contributed by atoms with E-state index in [1.165, 1.54) is 11.8 Å². The molecule has 0 aliphatic carbocycles. The number of methoxy groups -OCH3 is 1. The van der Waals surface area contributed by atoms with Crippen molar-refractivity contribution in [3.05, 3.63) is 29.3 Å². The number of hydrogen-bond acceptors (Lipinski definition) is 5. The first-order valence-corrected chi connectivity index (χ1v) is 9.38. The Kier molecular flexibility index (Phi) is 5.63. The van der Waals surface area contributed by atoms with Crippen molar-refractivity contribution in [1.82, 2.24) is 15.2 Å². The van der Waals surface area contributed by atoms with Gasteiger partial charge in [-0.15, -0.1) is 11.3 Å². The molecule has 1 aliphatic heterocycles. The van der Waals surface area contributed by atoms with E-state index in [9.17, 15) is 4.79 Å². The van der Waals surface area contributed by atoms with E-state index < -0.39 is 0 Å². The summed E-state index contributed by atoms with van der Waals surface area (Å²) < 4.78 is 5.86. The van der Waals surface area contributed by atoms with Gasteiger partial charge < -0.3 is 15.0 Å². The molecule has 1 aliphatic rings. The Bertz CT molecular complexity index is 698. The van der Waals surface area contributed by atoms with Crippen molar-refractivity contribution in [2.75, 3.05) is 20.2 Å². The molecule has 3 rings (SSSR count). The Morgan fingerprint density at radius 3 is 3.12 bits per heavy atom. The van der Waals surface area contributed by atoms with E-state index in [0.29, 0.717) is 19.4 Å². The lowest BCUT2D eigenvalue weighted by Crippen LogP contribution is -2.39. The van der Waals surface area contributed by atoms with Crippen molar-refractivity contribution < 1.29 is 9.53 Å². The van der Waals surface area contributed by atoms with Gasteiger partial charge in [-0.1, -0.05) is 12.1 Å². The molecule has 2 aromatic rings. The van der Waals surface area contributed by atoms with E-state index in [-0.39, 0.29) is 12.0 Å². The molecule has 1 atom stereocenters. The maximum absolute atomic E-state index is 11.1. The Balaban J connectivity index is 1.60. The number of carbonyl (C=O) groups excluding carboxylic acids is 1. The van der Waals surface area contributed by atoms with Gasteiger partial charge in [-0.05, 0) is 43.6 Å². The van der Waals surface area contributed by atoms with Crippen LogP contribution in [-0.4, -0.2) is 41.2 Å². The highest BCUT2D eigenvalue weighted by Gasteiger charge is 2.30. The number of nitrogens with one attached hydrogen (secondary N) is 1. The minimum Gasteiger partial charge on any atom is -0.469 e. The van der Waals surface area contributed by atoms with E-state index in [4.69, 9.17) is 17.2 Å². The summed E-state index contributed by atoms with van der Waals surface area (Å²) in [4.78, 5) is 18.1.